The van der Waals surface area contributed by atoms with E-state index in [9.17, 15) is 9.59 Å². The van der Waals surface area contributed by atoms with Crippen molar-refractivity contribution in [2.24, 2.45) is 5.92 Å². The molecule has 1 aliphatic heterocycles. The van der Waals surface area contributed by atoms with Gasteiger partial charge in [-0.05, 0) is 57.4 Å². The molecular formula is C18H25ClN2O2. The van der Waals surface area contributed by atoms with E-state index in [2.05, 4.69) is 12.2 Å². The van der Waals surface area contributed by atoms with Crippen LogP contribution < -0.4 is 5.32 Å². The van der Waals surface area contributed by atoms with Crippen LogP contribution in [0.25, 0.3) is 0 Å². The third kappa shape index (κ3) is 4.71. The summed E-state index contributed by atoms with van der Waals surface area (Å²) in [5, 5.41) is 3.72. The highest BCUT2D eigenvalue weighted by Gasteiger charge is 2.30. The van der Waals surface area contributed by atoms with Crippen LogP contribution in [-0.4, -0.2) is 35.3 Å². The Labute approximate surface area is 143 Å². The molecule has 126 valence electrons. The number of halogens is 1. The van der Waals surface area contributed by atoms with Crippen LogP contribution in [0.3, 0.4) is 0 Å². The van der Waals surface area contributed by atoms with Gasteiger partial charge in [0, 0.05) is 35.1 Å². The Bertz CT molecular complexity index is 561. The smallest absolute Gasteiger partial charge is 0.253 e. The average Bonchev–Trinajstić information content (AvgIpc) is 2.54. The maximum Gasteiger partial charge on any atom is 0.253 e. The molecule has 0 atom stereocenters. The number of benzene rings is 1. The van der Waals surface area contributed by atoms with Gasteiger partial charge in [-0.15, -0.1) is 0 Å². The number of hydrogen-bond acceptors (Lipinski definition) is 2. The first-order chi connectivity index (χ1) is 10.8. The number of carbonyl (C=O) groups is 2. The van der Waals surface area contributed by atoms with Crippen molar-refractivity contribution in [2.45, 2.75) is 45.6 Å². The van der Waals surface area contributed by atoms with Crippen molar-refractivity contribution in [3.63, 3.8) is 0 Å². The second-order valence-corrected chi connectivity index (χ2v) is 7.24. The number of likely N-dealkylation sites (tertiary alicyclic amines) is 1. The van der Waals surface area contributed by atoms with E-state index in [4.69, 9.17) is 11.6 Å². The Morgan fingerprint density at radius 3 is 2.30 bits per heavy atom. The first-order valence-electron chi connectivity index (χ1n) is 8.19. The van der Waals surface area contributed by atoms with E-state index in [-0.39, 0.29) is 23.3 Å². The van der Waals surface area contributed by atoms with Crippen LogP contribution in [0.5, 0.6) is 0 Å². The van der Waals surface area contributed by atoms with Gasteiger partial charge in [0.2, 0.25) is 5.91 Å². The molecule has 0 spiro atoms. The fraction of sp³-hybridized carbons (Fsp3) is 0.556. The van der Waals surface area contributed by atoms with E-state index in [1.165, 1.54) is 0 Å². The predicted molar refractivity (Wildman–Crippen MR) is 92.6 cm³/mol. The molecule has 1 aliphatic rings. The van der Waals surface area contributed by atoms with Crippen LogP contribution in [0, 0.1) is 5.92 Å². The van der Waals surface area contributed by atoms with Crippen molar-refractivity contribution in [3.05, 3.63) is 34.9 Å². The Hall–Kier alpha value is -1.55. The number of hydrogen-bond donors (Lipinski definition) is 1. The van der Waals surface area contributed by atoms with Gasteiger partial charge in [-0.25, -0.2) is 0 Å². The Balaban J connectivity index is 1.89. The minimum Gasteiger partial charge on any atom is -0.351 e. The summed E-state index contributed by atoms with van der Waals surface area (Å²) in [6.45, 7) is 7.36. The molecule has 0 aromatic heterocycles. The molecule has 0 unspecified atom stereocenters. The summed E-state index contributed by atoms with van der Waals surface area (Å²) in [5.74, 6) is 0.111. The largest absolute Gasteiger partial charge is 0.351 e. The van der Waals surface area contributed by atoms with Gasteiger partial charge in [-0.1, -0.05) is 18.5 Å². The van der Waals surface area contributed by atoms with Gasteiger partial charge >= 0.3 is 0 Å². The van der Waals surface area contributed by atoms with Crippen LogP contribution >= 0.6 is 11.6 Å². The Morgan fingerprint density at radius 2 is 1.78 bits per heavy atom. The Morgan fingerprint density at radius 1 is 1.22 bits per heavy atom. The normalized spacial score (nSPS) is 16.3. The minimum atomic E-state index is -0.173. The fourth-order valence-electron chi connectivity index (χ4n) is 2.64. The molecule has 1 heterocycles. The van der Waals surface area contributed by atoms with Crippen molar-refractivity contribution in [1.82, 2.24) is 10.2 Å². The van der Waals surface area contributed by atoms with E-state index >= 15 is 0 Å². The lowest BCUT2D eigenvalue weighted by molar-refractivity contribution is -0.128. The first-order valence-corrected chi connectivity index (χ1v) is 8.57. The van der Waals surface area contributed by atoms with Gasteiger partial charge in [0.05, 0.1) is 0 Å². The number of amides is 2. The summed E-state index contributed by atoms with van der Waals surface area (Å²) >= 11 is 5.85. The van der Waals surface area contributed by atoms with Crippen molar-refractivity contribution in [3.8, 4) is 0 Å². The topological polar surface area (TPSA) is 49.4 Å². The lowest BCUT2D eigenvalue weighted by Gasteiger charge is -2.33. The number of nitrogens with zero attached hydrogens (tertiary/aromatic N) is 1. The molecule has 1 fully saturated rings. The van der Waals surface area contributed by atoms with Gasteiger partial charge in [0.1, 0.15) is 0 Å². The van der Waals surface area contributed by atoms with Gasteiger partial charge in [0.25, 0.3) is 5.91 Å². The molecule has 0 bridgehead atoms. The zero-order valence-corrected chi connectivity index (χ0v) is 14.8. The van der Waals surface area contributed by atoms with E-state index in [0.29, 0.717) is 36.5 Å². The lowest BCUT2D eigenvalue weighted by Crippen LogP contribution is -2.48. The van der Waals surface area contributed by atoms with Crippen LogP contribution in [-0.2, 0) is 4.79 Å². The van der Waals surface area contributed by atoms with E-state index in [1.54, 1.807) is 24.3 Å². The molecular weight excluding hydrogens is 312 g/mol. The van der Waals surface area contributed by atoms with Gasteiger partial charge in [-0.3, -0.25) is 9.59 Å². The highest BCUT2D eigenvalue weighted by molar-refractivity contribution is 6.30. The maximum absolute atomic E-state index is 12.4. The number of rotatable bonds is 4. The second kappa shape index (κ2) is 7.35. The predicted octanol–water partition coefficient (Wildman–Crippen LogP) is 3.50. The quantitative estimate of drug-likeness (QED) is 0.914. The SMILES string of the molecule is CCC(C)(C)NC(=O)C1CCN(C(=O)c2ccc(Cl)cc2)CC1. The van der Waals surface area contributed by atoms with Crippen LogP contribution in [0.1, 0.15) is 50.4 Å². The molecule has 4 nitrogen and oxygen atoms in total. The third-order valence-corrected chi connectivity index (χ3v) is 4.84. The lowest BCUT2D eigenvalue weighted by atomic mass is 9.93. The average molecular weight is 337 g/mol. The zero-order chi connectivity index (χ0) is 17.0. The molecule has 1 N–H and O–H groups in total. The first kappa shape index (κ1) is 17.8. The molecule has 5 heteroatoms. The van der Waals surface area contributed by atoms with Crippen molar-refractivity contribution in [1.29, 1.82) is 0 Å². The summed E-state index contributed by atoms with van der Waals surface area (Å²) in [7, 11) is 0. The summed E-state index contributed by atoms with van der Waals surface area (Å²) in [6.07, 6.45) is 2.32. The third-order valence-electron chi connectivity index (χ3n) is 4.59. The highest BCUT2D eigenvalue weighted by Crippen LogP contribution is 2.21. The van der Waals surface area contributed by atoms with Gasteiger partial charge < -0.3 is 10.2 Å². The van der Waals surface area contributed by atoms with Crippen LogP contribution in [0.15, 0.2) is 24.3 Å². The minimum absolute atomic E-state index is 0.00454. The molecule has 1 aromatic rings. The Kier molecular flexibility index (Phi) is 5.69. The van der Waals surface area contributed by atoms with Crippen LogP contribution in [0.4, 0.5) is 0 Å². The summed E-state index contributed by atoms with van der Waals surface area (Å²) in [4.78, 5) is 26.6. The summed E-state index contributed by atoms with van der Waals surface area (Å²) in [6, 6.07) is 6.93. The molecule has 2 rings (SSSR count). The monoisotopic (exact) mass is 336 g/mol. The summed E-state index contributed by atoms with van der Waals surface area (Å²) < 4.78 is 0. The fourth-order valence-corrected chi connectivity index (χ4v) is 2.77. The molecule has 1 aromatic carbocycles. The molecule has 0 aliphatic carbocycles. The molecule has 0 saturated carbocycles. The number of piperidine rings is 1. The van der Waals surface area contributed by atoms with E-state index < -0.39 is 0 Å². The van der Waals surface area contributed by atoms with Crippen LogP contribution in [0.2, 0.25) is 5.02 Å². The highest BCUT2D eigenvalue weighted by atomic mass is 35.5. The molecule has 0 radical (unpaired) electrons. The molecule has 1 saturated heterocycles. The van der Waals surface area contributed by atoms with Gasteiger partial charge in [0.15, 0.2) is 0 Å². The van der Waals surface area contributed by atoms with Gasteiger partial charge in [-0.2, -0.15) is 0 Å². The van der Waals surface area contributed by atoms with E-state index in [1.807, 2.05) is 18.7 Å². The van der Waals surface area contributed by atoms with Crippen molar-refractivity contribution < 1.29 is 9.59 Å². The van der Waals surface area contributed by atoms with Crippen molar-refractivity contribution >= 4 is 23.4 Å². The maximum atomic E-state index is 12.4. The standard InChI is InChI=1S/C18H25ClN2O2/c1-4-18(2,3)20-16(22)13-9-11-21(12-10-13)17(23)14-5-7-15(19)8-6-14/h5-8,13H,4,9-12H2,1-3H3,(H,20,22). The second-order valence-electron chi connectivity index (χ2n) is 6.80. The molecule has 23 heavy (non-hydrogen) atoms. The summed E-state index contributed by atoms with van der Waals surface area (Å²) in [5.41, 5.74) is 0.470. The van der Waals surface area contributed by atoms with Crippen molar-refractivity contribution in [2.75, 3.05) is 13.1 Å². The number of carbonyl (C=O) groups excluding carboxylic acids is 2. The molecule has 2 amide bonds. The van der Waals surface area contributed by atoms with E-state index in [0.717, 1.165) is 6.42 Å². The zero-order valence-electron chi connectivity index (χ0n) is 14.1. The number of nitrogens with one attached hydrogen (secondary N) is 1.